The molecule has 1 N–H and O–H groups in total. The number of hydrogen-bond acceptors (Lipinski definition) is 4. The molecule has 0 saturated heterocycles. The van der Waals surface area contributed by atoms with Crippen molar-refractivity contribution in [3.63, 3.8) is 0 Å². The first-order chi connectivity index (χ1) is 7.99. The molecule has 1 aromatic carbocycles. The normalized spacial score (nSPS) is 11.8. The van der Waals surface area contributed by atoms with Gasteiger partial charge in [0.05, 0.1) is 14.2 Å². The Morgan fingerprint density at radius 3 is 2.12 bits per heavy atom. The van der Waals surface area contributed by atoms with Crippen molar-refractivity contribution in [3.05, 3.63) is 17.7 Å². The van der Waals surface area contributed by atoms with Crippen LogP contribution in [0.2, 0.25) is 0 Å². The van der Waals surface area contributed by atoms with Crippen LogP contribution < -0.4 is 14.2 Å². The van der Waals surface area contributed by atoms with Crippen LogP contribution in [0.25, 0.3) is 0 Å². The summed E-state index contributed by atoms with van der Waals surface area (Å²) in [6.07, 6.45) is -2.47. The Kier molecular flexibility index (Phi) is 4.14. The molecule has 94 valence electrons. The van der Waals surface area contributed by atoms with Gasteiger partial charge in [-0.1, -0.05) is 0 Å². The zero-order valence-electron chi connectivity index (χ0n) is 9.69. The Bertz CT molecular complexity index is 393. The van der Waals surface area contributed by atoms with Gasteiger partial charge in [-0.15, -0.1) is 0 Å². The molecule has 1 atom stereocenters. The van der Waals surface area contributed by atoms with Gasteiger partial charge in [-0.05, 0) is 24.6 Å². The summed E-state index contributed by atoms with van der Waals surface area (Å²) in [4.78, 5) is 10.4. The second-order valence-corrected chi connectivity index (χ2v) is 3.27. The van der Waals surface area contributed by atoms with E-state index in [-0.39, 0.29) is 17.2 Å². The van der Waals surface area contributed by atoms with Gasteiger partial charge in [-0.25, -0.2) is 4.79 Å². The topological polar surface area (TPSA) is 65.0 Å². The van der Waals surface area contributed by atoms with E-state index in [4.69, 9.17) is 14.6 Å². The van der Waals surface area contributed by atoms with Crippen LogP contribution in [0, 0.1) is 6.92 Å². The lowest BCUT2D eigenvalue weighted by atomic mass is 10.2. The van der Waals surface area contributed by atoms with Gasteiger partial charge in [0.2, 0.25) is 5.75 Å². The molecule has 0 amide bonds. The maximum Gasteiger partial charge on any atom is 0.378 e. The number of carboxylic acids is 1. The fourth-order valence-corrected chi connectivity index (χ4v) is 1.28. The maximum absolute atomic E-state index is 13.0. The van der Waals surface area contributed by atoms with Gasteiger partial charge < -0.3 is 19.3 Å². The summed E-state index contributed by atoms with van der Waals surface area (Å²) in [7, 11) is 2.74. The highest BCUT2D eigenvalue weighted by atomic mass is 19.1. The number of aliphatic carboxylic acids is 1. The molecule has 6 heteroatoms. The number of carbonyl (C=O) groups is 1. The summed E-state index contributed by atoms with van der Waals surface area (Å²) in [5.74, 6) is -1.36. The number of rotatable bonds is 5. The van der Waals surface area contributed by atoms with E-state index in [1.54, 1.807) is 19.1 Å². The van der Waals surface area contributed by atoms with E-state index in [0.717, 1.165) is 5.56 Å². The van der Waals surface area contributed by atoms with E-state index in [1.807, 2.05) is 0 Å². The third-order valence-corrected chi connectivity index (χ3v) is 2.02. The number of halogens is 1. The molecule has 17 heavy (non-hydrogen) atoms. The van der Waals surface area contributed by atoms with Gasteiger partial charge in [0.15, 0.2) is 11.5 Å². The van der Waals surface area contributed by atoms with Gasteiger partial charge >= 0.3 is 12.3 Å². The van der Waals surface area contributed by atoms with Gasteiger partial charge in [0.25, 0.3) is 0 Å². The fraction of sp³-hybridized carbons (Fsp3) is 0.364. The largest absolute Gasteiger partial charge is 0.493 e. The monoisotopic (exact) mass is 244 g/mol. The third-order valence-electron chi connectivity index (χ3n) is 2.02. The van der Waals surface area contributed by atoms with Crippen molar-refractivity contribution in [1.29, 1.82) is 0 Å². The van der Waals surface area contributed by atoms with Crippen molar-refractivity contribution in [1.82, 2.24) is 0 Å². The average molecular weight is 244 g/mol. The van der Waals surface area contributed by atoms with Crippen molar-refractivity contribution < 1.29 is 28.5 Å². The van der Waals surface area contributed by atoms with Crippen molar-refractivity contribution in [2.24, 2.45) is 0 Å². The molecule has 1 aromatic rings. The van der Waals surface area contributed by atoms with Crippen molar-refractivity contribution in [2.75, 3.05) is 14.2 Å². The predicted molar refractivity (Wildman–Crippen MR) is 57.4 cm³/mol. The van der Waals surface area contributed by atoms with Gasteiger partial charge in [-0.3, -0.25) is 0 Å². The van der Waals surface area contributed by atoms with E-state index in [1.165, 1.54) is 14.2 Å². The van der Waals surface area contributed by atoms with Crippen molar-refractivity contribution in [3.8, 4) is 17.2 Å². The van der Waals surface area contributed by atoms with Gasteiger partial charge in [0, 0.05) is 0 Å². The maximum atomic E-state index is 13.0. The molecule has 0 heterocycles. The molecule has 1 rings (SSSR count). The lowest BCUT2D eigenvalue weighted by Crippen LogP contribution is -2.22. The van der Waals surface area contributed by atoms with E-state index in [0.29, 0.717) is 0 Å². The SMILES string of the molecule is COc1cc(C)cc(OC)c1OC(F)C(=O)O. The molecule has 0 spiro atoms. The van der Waals surface area contributed by atoms with E-state index < -0.39 is 12.3 Å². The smallest absolute Gasteiger partial charge is 0.378 e. The molecule has 0 aliphatic carbocycles. The number of alkyl halides is 1. The standard InChI is InChI=1S/C11H13FO5/c1-6-4-7(15-2)9(8(5-6)16-3)17-10(12)11(13)14/h4-5,10H,1-3H3,(H,13,14). The number of benzene rings is 1. The van der Waals surface area contributed by atoms with Crippen LogP contribution in [-0.2, 0) is 4.79 Å². The predicted octanol–water partition coefficient (Wildman–Crippen LogP) is 1.77. The highest BCUT2D eigenvalue weighted by Gasteiger charge is 2.22. The number of aryl methyl sites for hydroxylation is 1. The quantitative estimate of drug-likeness (QED) is 0.855. The summed E-state index contributed by atoms with van der Waals surface area (Å²) in [5.41, 5.74) is 0.816. The van der Waals surface area contributed by atoms with Crippen LogP contribution in [0.4, 0.5) is 4.39 Å². The van der Waals surface area contributed by atoms with E-state index in [2.05, 4.69) is 4.74 Å². The molecule has 0 bridgehead atoms. The lowest BCUT2D eigenvalue weighted by Gasteiger charge is -2.15. The molecule has 1 unspecified atom stereocenters. The summed E-state index contributed by atoms with van der Waals surface area (Å²) < 4.78 is 27.6. The first-order valence-electron chi connectivity index (χ1n) is 4.75. The number of hydrogen-bond donors (Lipinski definition) is 1. The highest BCUT2D eigenvalue weighted by molar-refractivity contribution is 5.71. The Labute approximate surface area is 97.7 Å². The van der Waals surface area contributed by atoms with Crippen LogP contribution in [0.15, 0.2) is 12.1 Å². The van der Waals surface area contributed by atoms with Crippen LogP contribution in [0.5, 0.6) is 17.2 Å². The molecular formula is C11H13FO5. The third kappa shape index (κ3) is 2.99. The molecule has 5 nitrogen and oxygen atoms in total. The van der Waals surface area contributed by atoms with Gasteiger partial charge in [-0.2, -0.15) is 4.39 Å². The average Bonchev–Trinajstić information content (AvgIpc) is 2.30. The number of ether oxygens (including phenoxy) is 3. The number of methoxy groups -OCH3 is 2. The van der Waals surface area contributed by atoms with Crippen LogP contribution >= 0.6 is 0 Å². The van der Waals surface area contributed by atoms with E-state index in [9.17, 15) is 9.18 Å². The minimum atomic E-state index is -2.47. The van der Waals surface area contributed by atoms with Crippen LogP contribution in [0.3, 0.4) is 0 Å². The summed E-state index contributed by atoms with van der Waals surface area (Å²) in [6, 6.07) is 3.18. The second-order valence-electron chi connectivity index (χ2n) is 3.27. The Hall–Kier alpha value is -1.98. The van der Waals surface area contributed by atoms with E-state index >= 15 is 0 Å². The highest BCUT2D eigenvalue weighted by Crippen LogP contribution is 2.39. The van der Waals surface area contributed by atoms with Crippen molar-refractivity contribution >= 4 is 5.97 Å². The van der Waals surface area contributed by atoms with Crippen LogP contribution in [0.1, 0.15) is 5.56 Å². The first kappa shape index (κ1) is 13.1. The molecule has 0 radical (unpaired) electrons. The molecule has 0 aliphatic heterocycles. The number of carboxylic acid groups (broad SMARTS) is 1. The second kappa shape index (κ2) is 5.38. The summed E-state index contributed by atoms with van der Waals surface area (Å²) in [5, 5.41) is 8.44. The molecule has 0 saturated carbocycles. The summed E-state index contributed by atoms with van der Waals surface area (Å²) in [6.45, 7) is 1.79. The van der Waals surface area contributed by atoms with Crippen LogP contribution in [-0.4, -0.2) is 31.7 Å². The lowest BCUT2D eigenvalue weighted by molar-refractivity contribution is -0.153. The Morgan fingerprint density at radius 2 is 1.76 bits per heavy atom. The molecule has 0 aromatic heterocycles. The van der Waals surface area contributed by atoms with Gasteiger partial charge in [0.1, 0.15) is 0 Å². The summed E-state index contributed by atoms with van der Waals surface area (Å²) >= 11 is 0. The molecular weight excluding hydrogens is 231 g/mol. The minimum absolute atomic E-state index is 0.0736. The Morgan fingerprint density at radius 1 is 1.29 bits per heavy atom. The molecule has 0 aliphatic rings. The molecule has 0 fully saturated rings. The fourth-order valence-electron chi connectivity index (χ4n) is 1.28. The Balaban J connectivity index is 3.15. The van der Waals surface area contributed by atoms with Crippen molar-refractivity contribution in [2.45, 2.75) is 13.3 Å². The zero-order valence-corrected chi connectivity index (χ0v) is 9.69. The minimum Gasteiger partial charge on any atom is -0.493 e. The zero-order chi connectivity index (χ0) is 13.0. The first-order valence-corrected chi connectivity index (χ1v) is 4.75.